The van der Waals surface area contributed by atoms with E-state index in [1.807, 2.05) is 32.4 Å². The number of H-pyrrole nitrogens is 1. The van der Waals surface area contributed by atoms with Gasteiger partial charge >= 0.3 is 5.69 Å². The molecule has 0 radical (unpaired) electrons. The van der Waals surface area contributed by atoms with Crippen molar-refractivity contribution < 1.29 is 32.0 Å². The van der Waals surface area contributed by atoms with E-state index in [2.05, 4.69) is 9.83 Å². The summed E-state index contributed by atoms with van der Waals surface area (Å²) in [6, 6.07) is 0.974. The molecule has 36 heavy (non-hydrogen) atoms. The Labute approximate surface area is 211 Å². The summed E-state index contributed by atoms with van der Waals surface area (Å²) in [5.41, 5.74) is -1.51. The molecule has 1 N–H and O–H groups in total. The Morgan fingerprint density at radius 3 is 2.56 bits per heavy atom. The van der Waals surface area contributed by atoms with Gasteiger partial charge in [-0.2, -0.15) is 0 Å². The molecule has 0 aromatic carbocycles. The van der Waals surface area contributed by atoms with Gasteiger partial charge in [0.2, 0.25) is 13.9 Å². The van der Waals surface area contributed by atoms with Crippen molar-refractivity contribution in [1.29, 1.82) is 0 Å². The number of nitrogens with zero attached hydrogens (tertiary/aromatic N) is 3. The van der Waals surface area contributed by atoms with Gasteiger partial charge in [0.1, 0.15) is 13.0 Å². The van der Waals surface area contributed by atoms with Crippen molar-refractivity contribution >= 4 is 15.9 Å². The van der Waals surface area contributed by atoms with Gasteiger partial charge in [0.25, 0.3) is 14.1 Å². The van der Waals surface area contributed by atoms with Gasteiger partial charge in [-0.05, 0) is 34.6 Å². The first-order valence-corrected chi connectivity index (χ1v) is 15.0. The van der Waals surface area contributed by atoms with Crippen LogP contribution >= 0.6 is 15.9 Å². The fourth-order valence-corrected chi connectivity index (χ4v) is 6.36. The van der Waals surface area contributed by atoms with Crippen LogP contribution in [0.3, 0.4) is 0 Å². The summed E-state index contributed by atoms with van der Waals surface area (Å²) in [5.74, 6) is 0. The maximum absolute atomic E-state index is 15.9. The molecular weight excluding hydrogens is 517 g/mol. The molecule has 1 aliphatic rings. The first-order chi connectivity index (χ1) is 16.9. The smallest absolute Gasteiger partial charge is 0.330 e. The van der Waals surface area contributed by atoms with E-state index in [1.54, 1.807) is 6.92 Å². The topological polar surface area (TPSA) is 126 Å². The zero-order valence-electron chi connectivity index (χ0n) is 21.3. The van der Waals surface area contributed by atoms with Crippen LogP contribution in [-0.4, -0.2) is 77.6 Å². The minimum Gasteiger partial charge on any atom is -0.340 e. The summed E-state index contributed by atoms with van der Waals surface area (Å²) < 4.78 is 59.9. The summed E-state index contributed by atoms with van der Waals surface area (Å²) in [7, 11) is -5.05. The lowest BCUT2D eigenvalue weighted by molar-refractivity contribution is -0.165. The van der Waals surface area contributed by atoms with Crippen LogP contribution in [0.5, 0.6) is 0 Å². The van der Waals surface area contributed by atoms with Gasteiger partial charge in [-0.3, -0.25) is 18.9 Å². The summed E-state index contributed by atoms with van der Waals surface area (Å²) >= 11 is 0. The van der Waals surface area contributed by atoms with Crippen LogP contribution in [0.25, 0.3) is 4.85 Å². The zero-order chi connectivity index (χ0) is 27.0. The molecule has 2 heterocycles. The number of aromatic amines is 1. The third-order valence-electron chi connectivity index (χ3n) is 4.99. The SMILES string of the molecule is [C-]#[N+]CCOP(OC1[C@@H](OCP(C)(=O)OCC)O[C@@H](n2ccc(=O)[nH]c2=O)[C@H]1F)N(C(C)C)C(C)C. The molecule has 2 rings (SSSR count). The molecule has 0 aliphatic carbocycles. The number of nitrogens with one attached hydrogen (secondary N) is 1. The van der Waals surface area contributed by atoms with Crippen LogP contribution in [-0.2, 0) is 27.6 Å². The van der Waals surface area contributed by atoms with E-state index < -0.39 is 51.9 Å². The van der Waals surface area contributed by atoms with Gasteiger partial charge in [-0.15, -0.1) is 0 Å². The number of aromatic nitrogens is 2. The standard InChI is InChI=1S/C21H35FN4O8P2/c1-8-32-36(7,29)13-30-20-18(17(22)19(33-20)25-11-9-16(27)24-21(25)28)34-35(31-12-10-23-6)26(14(2)3)15(4)5/h9,11,14-15,17-20H,8,10,12-13H2,1-5,7H3,(H,24,27,28)/t17-,18?,19+,20-,35?,36?/m0/s1. The molecular formula is C21H35FN4O8P2. The number of halogens is 1. The molecule has 15 heteroatoms. The maximum atomic E-state index is 15.9. The van der Waals surface area contributed by atoms with Crippen molar-refractivity contribution in [3.8, 4) is 0 Å². The molecule has 1 aromatic rings. The highest BCUT2D eigenvalue weighted by Gasteiger charge is 2.51. The normalized spacial score (nSPS) is 24.8. The number of hydrogen-bond acceptors (Lipinski definition) is 9. The number of alkyl halides is 1. The van der Waals surface area contributed by atoms with Crippen LogP contribution in [0.15, 0.2) is 21.9 Å². The molecule has 1 aromatic heterocycles. The van der Waals surface area contributed by atoms with E-state index in [-0.39, 0.29) is 38.2 Å². The largest absolute Gasteiger partial charge is 0.340 e. The van der Waals surface area contributed by atoms with Crippen molar-refractivity contribution in [2.24, 2.45) is 0 Å². The molecule has 1 saturated heterocycles. The van der Waals surface area contributed by atoms with E-state index in [1.165, 1.54) is 6.66 Å². The summed E-state index contributed by atoms with van der Waals surface area (Å²) in [5, 5.41) is 0. The van der Waals surface area contributed by atoms with Crippen LogP contribution in [0.1, 0.15) is 40.8 Å². The average Bonchev–Trinajstić information content (AvgIpc) is 3.07. The number of rotatable bonds is 14. The van der Waals surface area contributed by atoms with E-state index >= 15 is 4.39 Å². The fraction of sp³-hybridized carbons (Fsp3) is 0.762. The van der Waals surface area contributed by atoms with Crippen molar-refractivity contribution in [3.05, 3.63) is 44.5 Å². The predicted molar refractivity (Wildman–Crippen MR) is 133 cm³/mol. The second kappa shape index (κ2) is 13.9. The third-order valence-corrected chi connectivity index (χ3v) is 8.54. The second-order valence-corrected chi connectivity index (χ2v) is 12.6. The van der Waals surface area contributed by atoms with Crippen LogP contribution < -0.4 is 11.2 Å². The Hall–Kier alpha value is -1.48. The molecule has 6 atom stereocenters. The van der Waals surface area contributed by atoms with Gasteiger partial charge in [-0.25, -0.2) is 20.4 Å². The first kappa shape index (κ1) is 30.7. The number of hydrogen-bond donors (Lipinski definition) is 1. The summed E-state index contributed by atoms with van der Waals surface area (Å²) in [6.07, 6.45) is -5.41. The Morgan fingerprint density at radius 1 is 1.33 bits per heavy atom. The highest BCUT2D eigenvalue weighted by molar-refractivity contribution is 7.57. The van der Waals surface area contributed by atoms with Crippen molar-refractivity contribution in [1.82, 2.24) is 14.2 Å². The lowest BCUT2D eigenvalue weighted by Crippen LogP contribution is -2.39. The van der Waals surface area contributed by atoms with Gasteiger partial charge < -0.3 is 27.9 Å². The number of ether oxygens (including phenoxy) is 2. The van der Waals surface area contributed by atoms with E-state index in [0.29, 0.717) is 0 Å². The van der Waals surface area contributed by atoms with Crippen LogP contribution in [0, 0.1) is 6.57 Å². The predicted octanol–water partition coefficient (Wildman–Crippen LogP) is 3.31. The molecule has 0 bridgehead atoms. The highest BCUT2D eigenvalue weighted by atomic mass is 31.2. The van der Waals surface area contributed by atoms with Crippen molar-refractivity contribution in [2.45, 2.75) is 71.5 Å². The molecule has 0 amide bonds. The van der Waals surface area contributed by atoms with Gasteiger partial charge in [0.15, 0.2) is 24.8 Å². The molecule has 0 saturated carbocycles. The zero-order valence-corrected chi connectivity index (χ0v) is 23.1. The third kappa shape index (κ3) is 8.27. The molecule has 1 aliphatic heterocycles. The van der Waals surface area contributed by atoms with E-state index in [4.69, 9.17) is 29.6 Å². The highest BCUT2D eigenvalue weighted by Crippen LogP contribution is 2.51. The Kier molecular flexibility index (Phi) is 11.9. The lowest BCUT2D eigenvalue weighted by Gasteiger charge is -2.37. The molecule has 204 valence electrons. The maximum Gasteiger partial charge on any atom is 0.330 e. The van der Waals surface area contributed by atoms with Crippen LogP contribution in [0.2, 0.25) is 0 Å². The van der Waals surface area contributed by atoms with Gasteiger partial charge in [0.05, 0.1) is 6.61 Å². The Balaban J connectivity index is 2.40. The first-order valence-electron chi connectivity index (χ1n) is 11.6. The minimum absolute atomic E-state index is 0.0461. The van der Waals surface area contributed by atoms with E-state index in [9.17, 15) is 14.2 Å². The Bertz CT molecular complexity index is 1040. The lowest BCUT2D eigenvalue weighted by atomic mass is 10.2. The second-order valence-electron chi connectivity index (χ2n) is 8.67. The summed E-state index contributed by atoms with van der Waals surface area (Å²) in [6.45, 7) is 18.2. The molecule has 3 unspecified atom stereocenters. The van der Waals surface area contributed by atoms with Crippen molar-refractivity contribution in [3.63, 3.8) is 0 Å². The average molecular weight is 552 g/mol. The quantitative estimate of drug-likeness (QED) is 0.210. The Morgan fingerprint density at radius 2 is 2.00 bits per heavy atom. The fourth-order valence-electron chi connectivity index (χ4n) is 3.60. The van der Waals surface area contributed by atoms with Crippen molar-refractivity contribution in [2.75, 3.05) is 32.8 Å². The molecule has 0 spiro atoms. The van der Waals surface area contributed by atoms with Gasteiger partial charge in [0, 0.05) is 31.0 Å². The summed E-state index contributed by atoms with van der Waals surface area (Å²) in [4.78, 5) is 29.2. The monoisotopic (exact) mass is 552 g/mol. The minimum atomic E-state index is -3.17. The van der Waals surface area contributed by atoms with E-state index in [0.717, 1.165) is 16.8 Å². The molecule has 1 fully saturated rings. The van der Waals surface area contributed by atoms with Crippen LogP contribution in [0.4, 0.5) is 4.39 Å². The molecule has 12 nitrogen and oxygen atoms in total. The van der Waals surface area contributed by atoms with Gasteiger partial charge in [-0.1, -0.05) is 0 Å².